The lowest BCUT2D eigenvalue weighted by molar-refractivity contribution is 0.103. The summed E-state index contributed by atoms with van der Waals surface area (Å²) in [6, 6.07) is 11.5. The number of benzene rings is 1. The highest BCUT2D eigenvalue weighted by Crippen LogP contribution is 2.12. The molecule has 0 radical (unpaired) electrons. The fourth-order valence-corrected chi connectivity index (χ4v) is 1.87. The third-order valence-corrected chi connectivity index (χ3v) is 2.96. The second kappa shape index (κ2) is 6.10. The van der Waals surface area contributed by atoms with Crippen molar-refractivity contribution in [3.8, 4) is 0 Å². The van der Waals surface area contributed by atoms with E-state index in [1.807, 2.05) is 24.3 Å². The lowest BCUT2D eigenvalue weighted by Crippen LogP contribution is -2.01. The minimum atomic E-state index is 0.0325. The van der Waals surface area contributed by atoms with Crippen molar-refractivity contribution < 1.29 is 4.79 Å². The maximum Gasteiger partial charge on any atom is 0.194 e. The van der Waals surface area contributed by atoms with E-state index in [4.69, 9.17) is 0 Å². The van der Waals surface area contributed by atoms with Gasteiger partial charge in [0.25, 0.3) is 0 Å². The molecule has 0 atom stereocenters. The van der Waals surface area contributed by atoms with E-state index in [-0.39, 0.29) is 5.78 Å². The quantitative estimate of drug-likeness (QED) is 0.745. The Morgan fingerprint density at radius 3 is 2.50 bits per heavy atom. The predicted molar refractivity (Wildman–Crippen MR) is 72.7 cm³/mol. The second-order valence-electron chi connectivity index (χ2n) is 4.37. The van der Waals surface area contributed by atoms with Crippen LogP contribution in [0.1, 0.15) is 41.3 Å². The van der Waals surface area contributed by atoms with Crippen LogP contribution in [0.2, 0.25) is 0 Å². The molecule has 0 aliphatic carbocycles. The average molecular weight is 239 g/mol. The first-order valence-corrected chi connectivity index (χ1v) is 6.35. The molecule has 1 heterocycles. The van der Waals surface area contributed by atoms with Crippen LogP contribution in [0.3, 0.4) is 0 Å². The van der Waals surface area contributed by atoms with Crippen LogP contribution >= 0.6 is 0 Å². The fraction of sp³-hybridized carbons (Fsp3) is 0.250. The third-order valence-electron chi connectivity index (χ3n) is 2.96. The summed E-state index contributed by atoms with van der Waals surface area (Å²) in [5.74, 6) is 0.0325. The highest BCUT2D eigenvalue weighted by Gasteiger charge is 2.08. The Morgan fingerprint density at radius 2 is 1.89 bits per heavy atom. The fourth-order valence-electron chi connectivity index (χ4n) is 1.87. The molecule has 0 N–H and O–H groups in total. The summed E-state index contributed by atoms with van der Waals surface area (Å²) < 4.78 is 0. The molecule has 2 heteroatoms. The minimum Gasteiger partial charge on any atom is -0.289 e. The lowest BCUT2D eigenvalue weighted by atomic mass is 10.0. The highest BCUT2D eigenvalue weighted by molar-refractivity contribution is 6.08. The number of rotatable bonds is 5. The standard InChI is InChI=1S/C16H17NO/c1-2-3-5-13-7-9-14(10-8-13)16(18)15-6-4-11-17-12-15/h4,6-12H,2-3,5H2,1H3. The minimum absolute atomic E-state index is 0.0325. The van der Waals surface area contributed by atoms with Crippen LogP contribution in [0.4, 0.5) is 0 Å². The third kappa shape index (κ3) is 3.04. The van der Waals surface area contributed by atoms with Gasteiger partial charge in [0, 0.05) is 23.5 Å². The van der Waals surface area contributed by atoms with Gasteiger partial charge in [0.2, 0.25) is 0 Å². The van der Waals surface area contributed by atoms with Gasteiger partial charge in [-0.15, -0.1) is 0 Å². The van der Waals surface area contributed by atoms with Crippen LogP contribution < -0.4 is 0 Å². The van der Waals surface area contributed by atoms with E-state index in [1.165, 1.54) is 18.4 Å². The largest absolute Gasteiger partial charge is 0.289 e. The second-order valence-corrected chi connectivity index (χ2v) is 4.37. The molecule has 2 rings (SSSR count). The summed E-state index contributed by atoms with van der Waals surface area (Å²) in [5, 5.41) is 0. The Morgan fingerprint density at radius 1 is 1.11 bits per heavy atom. The highest BCUT2D eigenvalue weighted by atomic mass is 16.1. The molecule has 1 aromatic heterocycles. The van der Waals surface area contributed by atoms with Crippen molar-refractivity contribution in [1.29, 1.82) is 0 Å². The van der Waals surface area contributed by atoms with Crippen molar-refractivity contribution in [3.05, 3.63) is 65.5 Å². The number of nitrogens with zero attached hydrogens (tertiary/aromatic N) is 1. The van der Waals surface area contributed by atoms with Gasteiger partial charge in [-0.2, -0.15) is 0 Å². The Hall–Kier alpha value is -1.96. The molecular weight excluding hydrogens is 222 g/mol. The van der Waals surface area contributed by atoms with Gasteiger partial charge in [0.1, 0.15) is 0 Å². The molecule has 2 nitrogen and oxygen atoms in total. The van der Waals surface area contributed by atoms with Crippen LogP contribution in [0.15, 0.2) is 48.8 Å². The molecule has 0 amide bonds. The summed E-state index contributed by atoms with van der Waals surface area (Å²) in [6.45, 7) is 2.18. The van der Waals surface area contributed by atoms with Crippen LogP contribution in [-0.2, 0) is 6.42 Å². The van der Waals surface area contributed by atoms with E-state index in [0.29, 0.717) is 5.56 Å². The summed E-state index contributed by atoms with van der Waals surface area (Å²) >= 11 is 0. The summed E-state index contributed by atoms with van der Waals surface area (Å²) in [5.41, 5.74) is 2.65. The van der Waals surface area contributed by atoms with Gasteiger partial charge in [-0.1, -0.05) is 37.6 Å². The van der Waals surface area contributed by atoms with Gasteiger partial charge in [0.05, 0.1) is 0 Å². The van der Waals surface area contributed by atoms with Gasteiger partial charge >= 0.3 is 0 Å². The number of unbranched alkanes of at least 4 members (excludes halogenated alkanes) is 1. The van der Waals surface area contributed by atoms with Crippen molar-refractivity contribution in [3.63, 3.8) is 0 Å². The molecule has 0 saturated carbocycles. The molecule has 0 bridgehead atoms. The molecule has 0 fully saturated rings. The van der Waals surface area contributed by atoms with Crippen molar-refractivity contribution >= 4 is 5.78 Å². The van der Waals surface area contributed by atoms with Gasteiger partial charge in [0.15, 0.2) is 5.78 Å². The Balaban J connectivity index is 2.12. The van der Waals surface area contributed by atoms with Crippen LogP contribution in [0, 0.1) is 0 Å². The number of hydrogen-bond acceptors (Lipinski definition) is 2. The summed E-state index contributed by atoms with van der Waals surface area (Å²) in [7, 11) is 0. The number of pyridine rings is 1. The van der Waals surface area contributed by atoms with E-state index in [2.05, 4.69) is 11.9 Å². The Kier molecular flexibility index (Phi) is 4.24. The van der Waals surface area contributed by atoms with Gasteiger partial charge in [-0.25, -0.2) is 0 Å². The monoisotopic (exact) mass is 239 g/mol. The SMILES string of the molecule is CCCCc1ccc(C(=O)c2cccnc2)cc1. The van der Waals surface area contributed by atoms with E-state index in [0.717, 1.165) is 12.0 Å². The van der Waals surface area contributed by atoms with Gasteiger partial charge < -0.3 is 0 Å². The topological polar surface area (TPSA) is 30.0 Å². The van der Waals surface area contributed by atoms with Crippen LogP contribution in [0.25, 0.3) is 0 Å². The van der Waals surface area contributed by atoms with Crippen molar-refractivity contribution in [1.82, 2.24) is 4.98 Å². The summed E-state index contributed by atoms with van der Waals surface area (Å²) in [4.78, 5) is 16.1. The Labute approximate surface area is 108 Å². The first-order chi connectivity index (χ1) is 8.81. The lowest BCUT2D eigenvalue weighted by Gasteiger charge is -2.03. The number of hydrogen-bond donors (Lipinski definition) is 0. The van der Waals surface area contributed by atoms with Gasteiger partial charge in [-0.05, 0) is 30.5 Å². The normalized spacial score (nSPS) is 10.3. The maximum absolute atomic E-state index is 12.1. The smallest absolute Gasteiger partial charge is 0.194 e. The number of carbonyl (C=O) groups is 1. The first kappa shape index (κ1) is 12.5. The van der Waals surface area contributed by atoms with Crippen molar-refractivity contribution in [2.75, 3.05) is 0 Å². The molecule has 0 unspecified atom stereocenters. The predicted octanol–water partition coefficient (Wildman–Crippen LogP) is 3.66. The van der Waals surface area contributed by atoms with Crippen molar-refractivity contribution in [2.24, 2.45) is 0 Å². The zero-order valence-corrected chi connectivity index (χ0v) is 10.6. The van der Waals surface area contributed by atoms with E-state index < -0.39 is 0 Å². The summed E-state index contributed by atoms with van der Waals surface area (Å²) in [6.07, 6.45) is 6.74. The zero-order valence-electron chi connectivity index (χ0n) is 10.6. The van der Waals surface area contributed by atoms with E-state index >= 15 is 0 Å². The molecule has 0 aliphatic rings. The van der Waals surface area contributed by atoms with Gasteiger partial charge in [-0.3, -0.25) is 9.78 Å². The number of carbonyl (C=O) groups excluding carboxylic acids is 1. The number of ketones is 1. The number of aryl methyl sites for hydroxylation is 1. The average Bonchev–Trinajstić information content (AvgIpc) is 2.46. The van der Waals surface area contributed by atoms with E-state index in [9.17, 15) is 4.79 Å². The van der Waals surface area contributed by atoms with E-state index in [1.54, 1.807) is 24.5 Å². The van der Waals surface area contributed by atoms with Crippen molar-refractivity contribution in [2.45, 2.75) is 26.2 Å². The van der Waals surface area contributed by atoms with Crippen LogP contribution in [-0.4, -0.2) is 10.8 Å². The molecule has 0 saturated heterocycles. The molecule has 92 valence electrons. The molecule has 0 spiro atoms. The zero-order chi connectivity index (χ0) is 12.8. The number of aromatic nitrogens is 1. The molecular formula is C16H17NO. The molecule has 18 heavy (non-hydrogen) atoms. The molecule has 2 aromatic rings. The first-order valence-electron chi connectivity index (χ1n) is 6.35. The molecule has 1 aromatic carbocycles. The van der Waals surface area contributed by atoms with Crippen LogP contribution in [0.5, 0.6) is 0 Å². The molecule has 0 aliphatic heterocycles. The maximum atomic E-state index is 12.1. The Bertz CT molecular complexity index is 502.